The minimum absolute atomic E-state index is 0.248. The zero-order chi connectivity index (χ0) is 15.0. The van der Waals surface area contributed by atoms with E-state index in [-0.39, 0.29) is 5.91 Å². The van der Waals surface area contributed by atoms with Crippen LogP contribution in [0, 0.1) is 6.92 Å². The van der Waals surface area contributed by atoms with Gasteiger partial charge < -0.3 is 10.3 Å². The van der Waals surface area contributed by atoms with Gasteiger partial charge >= 0.3 is 0 Å². The van der Waals surface area contributed by atoms with Crippen molar-refractivity contribution in [2.45, 2.75) is 6.92 Å². The zero-order valence-corrected chi connectivity index (χ0v) is 12.7. The van der Waals surface area contributed by atoms with Gasteiger partial charge in [0.15, 0.2) is 0 Å². The summed E-state index contributed by atoms with van der Waals surface area (Å²) >= 11 is 12.3. The molecule has 0 saturated heterocycles. The first-order chi connectivity index (χ1) is 10.1. The highest BCUT2D eigenvalue weighted by Gasteiger charge is 2.16. The molecule has 106 valence electrons. The quantitative estimate of drug-likeness (QED) is 0.683. The predicted octanol–water partition coefficient (Wildman–Crippen LogP) is 5.04. The van der Waals surface area contributed by atoms with Crippen LogP contribution in [0.15, 0.2) is 42.6 Å². The van der Waals surface area contributed by atoms with Crippen LogP contribution in [0.4, 0.5) is 5.69 Å². The van der Waals surface area contributed by atoms with E-state index in [0.717, 1.165) is 16.5 Å². The molecule has 0 spiro atoms. The first kappa shape index (κ1) is 14.0. The Morgan fingerprint density at radius 1 is 1.14 bits per heavy atom. The number of aromatic amines is 1. The molecule has 0 radical (unpaired) electrons. The minimum Gasteiger partial charge on any atom is -0.360 e. The first-order valence-electron chi connectivity index (χ1n) is 6.40. The van der Waals surface area contributed by atoms with Crippen LogP contribution in [0.1, 0.15) is 15.9 Å². The number of anilines is 1. The van der Waals surface area contributed by atoms with E-state index in [1.165, 1.54) is 0 Å². The molecular formula is C16H12Cl2N2O. The van der Waals surface area contributed by atoms with Gasteiger partial charge in [0.2, 0.25) is 0 Å². The first-order valence-corrected chi connectivity index (χ1v) is 7.15. The van der Waals surface area contributed by atoms with Crippen LogP contribution in [0.25, 0.3) is 10.9 Å². The number of carbonyl (C=O) groups is 1. The lowest BCUT2D eigenvalue weighted by Gasteiger charge is -2.10. The molecule has 0 fully saturated rings. The molecule has 1 amide bonds. The maximum Gasteiger partial charge on any atom is 0.257 e. The number of H-pyrrole nitrogens is 1. The molecule has 0 unspecified atom stereocenters. The summed E-state index contributed by atoms with van der Waals surface area (Å²) in [5.74, 6) is -0.248. The number of aromatic nitrogens is 1. The third-order valence-electron chi connectivity index (χ3n) is 3.36. The molecule has 0 aliphatic heterocycles. The fourth-order valence-corrected chi connectivity index (χ4v) is 2.68. The highest BCUT2D eigenvalue weighted by Crippen LogP contribution is 2.33. The Hall–Kier alpha value is -1.97. The molecule has 2 N–H and O–H groups in total. The number of hydrogen-bond donors (Lipinski definition) is 2. The monoisotopic (exact) mass is 318 g/mol. The fourth-order valence-electron chi connectivity index (χ4n) is 2.21. The van der Waals surface area contributed by atoms with Crippen molar-refractivity contribution in [2.24, 2.45) is 0 Å². The molecule has 1 heterocycles. The normalized spacial score (nSPS) is 10.8. The molecule has 21 heavy (non-hydrogen) atoms. The molecule has 0 aliphatic carbocycles. The highest BCUT2D eigenvalue weighted by molar-refractivity contribution is 6.40. The number of halogens is 2. The summed E-state index contributed by atoms with van der Waals surface area (Å²) in [6.07, 6.45) is 1.68. The standard InChI is InChI=1S/C16H12Cl2N2O/c1-9-6-7-12(17)15(14(9)18)20-16(21)11-8-19-13-5-3-2-4-10(11)13/h2-8,19H,1H3,(H,20,21). The molecule has 3 aromatic rings. The molecule has 0 saturated carbocycles. The predicted molar refractivity (Wildman–Crippen MR) is 87.5 cm³/mol. The number of fused-ring (bicyclic) bond motifs is 1. The molecule has 1 aromatic heterocycles. The summed E-state index contributed by atoms with van der Waals surface area (Å²) in [7, 11) is 0. The van der Waals surface area contributed by atoms with E-state index in [0.29, 0.717) is 21.3 Å². The number of para-hydroxylation sites is 1. The number of amides is 1. The van der Waals surface area contributed by atoms with E-state index in [1.807, 2.05) is 37.3 Å². The van der Waals surface area contributed by atoms with E-state index in [9.17, 15) is 4.79 Å². The SMILES string of the molecule is Cc1ccc(Cl)c(NC(=O)c2c[nH]c3ccccc23)c1Cl. The van der Waals surface area contributed by atoms with Gasteiger partial charge in [-0.3, -0.25) is 4.79 Å². The number of benzene rings is 2. The smallest absolute Gasteiger partial charge is 0.257 e. The van der Waals surface area contributed by atoms with Crippen molar-refractivity contribution in [3.05, 3.63) is 63.8 Å². The lowest BCUT2D eigenvalue weighted by atomic mass is 10.1. The van der Waals surface area contributed by atoms with Crippen molar-refractivity contribution in [1.82, 2.24) is 4.98 Å². The van der Waals surface area contributed by atoms with Gasteiger partial charge in [0, 0.05) is 17.1 Å². The van der Waals surface area contributed by atoms with Crippen molar-refractivity contribution in [1.29, 1.82) is 0 Å². The molecule has 0 aliphatic rings. The average molecular weight is 319 g/mol. The summed E-state index contributed by atoms with van der Waals surface area (Å²) in [4.78, 5) is 15.5. The van der Waals surface area contributed by atoms with Crippen molar-refractivity contribution in [2.75, 3.05) is 5.32 Å². The van der Waals surface area contributed by atoms with E-state index < -0.39 is 0 Å². The Kier molecular flexibility index (Phi) is 3.62. The largest absolute Gasteiger partial charge is 0.360 e. The number of rotatable bonds is 2. The average Bonchev–Trinajstić information content (AvgIpc) is 2.91. The van der Waals surface area contributed by atoms with Gasteiger partial charge in [-0.05, 0) is 24.6 Å². The maximum atomic E-state index is 12.5. The van der Waals surface area contributed by atoms with Gasteiger partial charge in [0.1, 0.15) is 0 Å². The van der Waals surface area contributed by atoms with Gasteiger partial charge in [-0.2, -0.15) is 0 Å². The number of hydrogen-bond acceptors (Lipinski definition) is 1. The van der Waals surface area contributed by atoms with Crippen molar-refractivity contribution in [3.8, 4) is 0 Å². The van der Waals surface area contributed by atoms with E-state index in [1.54, 1.807) is 12.3 Å². The van der Waals surface area contributed by atoms with Crippen LogP contribution in [0.5, 0.6) is 0 Å². The van der Waals surface area contributed by atoms with Crippen LogP contribution >= 0.6 is 23.2 Å². The van der Waals surface area contributed by atoms with E-state index in [4.69, 9.17) is 23.2 Å². The highest BCUT2D eigenvalue weighted by atomic mass is 35.5. The van der Waals surface area contributed by atoms with Crippen LogP contribution in [-0.2, 0) is 0 Å². The molecule has 3 nitrogen and oxygen atoms in total. The molecule has 3 rings (SSSR count). The lowest BCUT2D eigenvalue weighted by molar-refractivity contribution is 0.102. The molecule has 0 bridgehead atoms. The van der Waals surface area contributed by atoms with Gasteiger partial charge in [0.05, 0.1) is 21.3 Å². The molecule has 5 heteroatoms. The summed E-state index contributed by atoms with van der Waals surface area (Å²) in [6, 6.07) is 11.1. The fraction of sp³-hybridized carbons (Fsp3) is 0.0625. The van der Waals surface area contributed by atoms with Crippen LogP contribution in [0.2, 0.25) is 10.0 Å². The second kappa shape index (κ2) is 5.43. The van der Waals surface area contributed by atoms with Crippen LogP contribution < -0.4 is 5.32 Å². The maximum absolute atomic E-state index is 12.5. The number of aryl methyl sites for hydroxylation is 1. The number of nitrogens with one attached hydrogen (secondary N) is 2. The summed E-state index contributed by atoms with van der Waals surface area (Å²) in [5.41, 5.74) is 2.76. The third kappa shape index (κ3) is 2.50. The van der Waals surface area contributed by atoms with Crippen molar-refractivity contribution < 1.29 is 4.79 Å². The number of carbonyl (C=O) groups excluding carboxylic acids is 1. The van der Waals surface area contributed by atoms with Crippen molar-refractivity contribution in [3.63, 3.8) is 0 Å². The van der Waals surface area contributed by atoms with Crippen LogP contribution in [-0.4, -0.2) is 10.9 Å². The second-order valence-electron chi connectivity index (χ2n) is 4.76. The lowest BCUT2D eigenvalue weighted by Crippen LogP contribution is -2.12. The summed E-state index contributed by atoms with van der Waals surface area (Å²) in [5, 5.41) is 4.52. The van der Waals surface area contributed by atoms with Gasteiger partial charge in [-0.1, -0.05) is 47.5 Å². The van der Waals surface area contributed by atoms with Gasteiger partial charge in [-0.25, -0.2) is 0 Å². The zero-order valence-electron chi connectivity index (χ0n) is 11.2. The van der Waals surface area contributed by atoms with Crippen LogP contribution in [0.3, 0.4) is 0 Å². The summed E-state index contributed by atoms with van der Waals surface area (Å²) < 4.78 is 0. The van der Waals surface area contributed by atoms with Gasteiger partial charge in [0.25, 0.3) is 5.91 Å². The third-order valence-corrected chi connectivity index (χ3v) is 4.16. The van der Waals surface area contributed by atoms with Crippen molar-refractivity contribution >= 4 is 45.7 Å². The molecule has 2 aromatic carbocycles. The Morgan fingerprint density at radius 3 is 2.71 bits per heavy atom. The Morgan fingerprint density at radius 2 is 1.90 bits per heavy atom. The second-order valence-corrected chi connectivity index (χ2v) is 5.54. The van der Waals surface area contributed by atoms with E-state index >= 15 is 0 Å². The Labute approximate surface area is 131 Å². The Balaban J connectivity index is 1.99. The Bertz CT molecular complexity index is 839. The van der Waals surface area contributed by atoms with E-state index in [2.05, 4.69) is 10.3 Å². The summed E-state index contributed by atoms with van der Waals surface area (Å²) in [6.45, 7) is 1.86. The van der Waals surface area contributed by atoms with Gasteiger partial charge in [-0.15, -0.1) is 0 Å². The minimum atomic E-state index is -0.248. The topological polar surface area (TPSA) is 44.9 Å². The molecule has 0 atom stereocenters. The molecular weight excluding hydrogens is 307 g/mol.